The topological polar surface area (TPSA) is 62.4 Å². The van der Waals surface area contributed by atoms with Gasteiger partial charge in [-0.15, -0.1) is 0 Å². The quantitative estimate of drug-likeness (QED) is 0.549. The number of amides is 1. The fourth-order valence-electron chi connectivity index (χ4n) is 4.05. The summed E-state index contributed by atoms with van der Waals surface area (Å²) in [5.41, 5.74) is 3.26. The van der Waals surface area contributed by atoms with Crippen LogP contribution in [0, 0.1) is 11.8 Å². The lowest BCUT2D eigenvalue weighted by Gasteiger charge is -2.23. The Labute approximate surface area is 177 Å². The van der Waals surface area contributed by atoms with Gasteiger partial charge in [0.1, 0.15) is 0 Å². The highest BCUT2D eigenvalue weighted by Crippen LogP contribution is 2.40. The van der Waals surface area contributed by atoms with Crippen LogP contribution in [0.25, 0.3) is 10.9 Å². The normalized spacial score (nSPS) is 17.6. The molecule has 0 spiro atoms. The summed E-state index contributed by atoms with van der Waals surface area (Å²) in [7, 11) is 0. The molecule has 1 fully saturated rings. The Hall–Kier alpha value is -3.08. The van der Waals surface area contributed by atoms with Crippen LogP contribution in [0.4, 0.5) is 0 Å². The van der Waals surface area contributed by atoms with Crippen molar-refractivity contribution < 1.29 is 14.3 Å². The molecule has 30 heavy (non-hydrogen) atoms. The van der Waals surface area contributed by atoms with E-state index in [-0.39, 0.29) is 23.7 Å². The van der Waals surface area contributed by atoms with Gasteiger partial charge < -0.3 is 14.6 Å². The Morgan fingerprint density at radius 1 is 1.10 bits per heavy atom. The average molecular weight is 405 g/mol. The van der Waals surface area contributed by atoms with Crippen molar-refractivity contribution >= 4 is 22.8 Å². The fourth-order valence-corrected chi connectivity index (χ4v) is 4.05. The second-order valence-electron chi connectivity index (χ2n) is 7.97. The molecule has 1 N–H and O–H groups in total. The van der Waals surface area contributed by atoms with Gasteiger partial charge >= 0.3 is 5.97 Å². The van der Waals surface area contributed by atoms with Crippen molar-refractivity contribution in [3.05, 3.63) is 71.9 Å². The highest BCUT2D eigenvalue weighted by atomic mass is 16.5. The first kappa shape index (κ1) is 20.2. The molecule has 2 atom stereocenters. The number of fused-ring (bicyclic) bond motifs is 1. The number of nitrogens with zero attached hydrogens (tertiary/aromatic N) is 1. The minimum Gasteiger partial charge on any atom is -0.466 e. The van der Waals surface area contributed by atoms with Crippen molar-refractivity contribution in [3.63, 3.8) is 0 Å². The summed E-state index contributed by atoms with van der Waals surface area (Å²) in [5, 5.41) is 1.09. The summed E-state index contributed by atoms with van der Waals surface area (Å²) >= 11 is 0. The number of carbonyl (C=O) groups is 2. The number of aromatic amines is 1. The molecule has 0 bridgehead atoms. The van der Waals surface area contributed by atoms with Crippen LogP contribution >= 0.6 is 0 Å². The second-order valence-corrected chi connectivity index (χ2v) is 7.97. The molecule has 2 aromatic carbocycles. The van der Waals surface area contributed by atoms with Crippen molar-refractivity contribution in [1.82, 2.24) is 9.88 Å². The maximum Gasteiger partial charge on any atom is 0.309 e. The van der Waals surface area contributed by atoms with Crippen molar-refractivity contribution in [1.29, 1.82) is 0 Å². The van der Waals surface area contributed by atoms with Gasteiger partial charge in [0.15, 0.2) is 0 Å². The van der Waals surface area contributed by atoms with E-state index in [1.54, 1.807) is 0 Å². The third-order valence-electron chi connectivity index (χ3n) is 5.85. The maximum atomic E-state index is 13.2. The van der Waals surface area contributed by atoms with Crippen molar-refractivity contribution in [2.75, 3.05) is 19.7 Å². The van der Waals surface area contributed by atoms with E-state index in [1.807, 2.05) is 60.5 Å². The molecule has 3 aromatic rings. The predicted molar refractivity (Wildman–Crippen MR) is 117 cm³/mol. The van der Waals surface area contributed by atoms with E-state index in [4.69, 9.17) is 4.74 Å². The Kier molecular flexibility index (Phi) is 6.17. The standard InChI is InChI=1S/C25H28N2O3/c1-2-30-25(29)22-14-20(22)17-27(13-12-18-8-4-3-5-9-18)24(28)15-19-16-26-23-11-7-6-10-21(19)23/h3-11,16,20,22,26H,2,12-15,17H2,1H3/t20-,22-/m1/s1. The molecule has 0 radical (unpaired) electrons. The lowest BCUT2D eigenvalue weighted by atomic mass is 10.1. The predicted octanol–water partition coefficient (Wildman–Crippen LogP) is 3.98. The number of carbonyl (C=O) groups excluding carboxylic acids is 2. The Morgan fingerprint density at radius 2 is 1.87 bits per heavy atom. The first-order valence-electron chi connectivity index (χ1n) is 10.7. The molecule has 4 rings (SSSR count). The van der Waals surface area contributed by atoms with Gasteiger partial charge in [0.05, 0.1) is 18.9 Å². The van der Waals surface area contributed by atoms with E-state index in [2.05, 4.69) is 17.1 Å². The molecule has 1 heterocycles. The monoisotopic (exact) mass is 404 g/mol. The van der Waals surface area contributed by atoms with Crippen LogP contribution in [0.2, 0.25) is 0 Å². The third kappa shape index (κ3) is 4.73. The zero-order chi connectivity index (χ0) is 20.9. The number of hydrogen-bond donors (Lipinski definition) is 1. The summed E-state index contributed by atoms with van der Waals surface area (Å²) in [5.74, 6) is 0.108. The largest absolute Gasteiger partial charge is 0.466 e. The van der Waals surface area contributed by atoms with Gasteiger partial charge in [-0.2, -0.15) is 0 Å². The molecule has 1 aliphatic carbocycles. The number of H-pyrrole nitrogens is 1. The van der Waals surface area contributed by atoms with Gasteiger partial charge in [-0.3, -0.25) is 9.59 Å². The van der Waals surface area contributed by atoms with Gasteiger partial charge in [-0.25, -0.2) is 0 Å². The molecule has 1 aliphatic rings. The number of nitrogens with one attached hydrogen (secondary N) is 1. The van der Waals surface area contributed by atoms with Crippen molar-refractivity contribution in [2.24, 2.45) is 11.8 Å². The van der Waals surface area contributed by atoms with Crippen LogP contribution in [-0.2, 0) is 27.2 Å². The summed E-state index contributed by atoms with van der Waals surface area (Å²) in [6.45, 7) is 3.49. The molecule has 0 unspecified atom stereocenters. The highest BCUT2D eigenvalue weighted by molar-refractivity contribution is 5.89. The average Bonchev–Trinajstić information content (AvgIpc) is 3.44. The maximum absolute atomic E-state index is 13.2. The van der Waals surface area contributed by atoms with E-state index in [1.165, 1.54) is 5.56 Å². The molecule has 0 saturated heterocycles. The molecular weight excluding hydrogens is 376 g/mol. The lowest BCUT2D eigenvalue weighted by Crippen LogP contribution is -2.36. The Bertz CT molecular complexity index is 1010. The third-order valence-corrected chi connectivity index (χ3v) is 5.85. The van der Waals surface area contributed by atoms with Crippen LogP contribution in [0.15, 0.2) is 60.8 Å². The number of hydrogen-bond acceptors (Lipinski definition) is 3. The van der Waals surface area contributed by atoms with Crippen LogP contribution in [-0.4, -0.2) is 41.5 Å². The molecule has 0 aliphatic heterocycles. The number of ether oxygens (including phenoxy) is 1. The Morgan fingerprint density at radius 3 is 2.67 bits per heavy atom. The zero-order valence-corrected chi connectivity index (χ0v) is 17.3. The van der Waals surface area contributed by atoms with E-state index < -0.39 is 0 Å². The van der Waals surface area contributed by atoms with E-state index in [0.29, 0.717) is 26.1 Å². The Balaban J connectivity index is 1.44. The summed E-state index contributed by atoms with van der Waals surface area (Å²) in [6.07, 6.45) is 3.89. The number of aromatic nitrogens is 1. The van der Waals surface area contributed by atoms with Gasteiger partial charge in [0, 0.05) is 30.2 Å². The van der Waals surface area contributed by atoms with Gasteiger partial charge in [0.2, 0.25) is 5.91 Å². The zero-order valence-electron chi connectivity index (χ0n) is 17.3. The van der Waals surface area contributed by atoms with E-state index in [9.17, 15) is 9.59 Å². The molecule has 1 saturated carbocycles. The van der Waals surface area contributed by atoms with Crippen molar-refractivity contribution in [2.45, 2.75) is 26.2 Å². The van der Waals surface area contributed by atoms with Gasteiger partial charge in [-0.05, 0) is 42.9 Å². The molecular formula is C25H28N2O3. The van der Waals surface area contributed by atoms with Crippen LogP contribution < -0.4 is 0 Å². The molecule has 5 nitrogen and oxygen atoms in total. The number of rotatable bonds is 9. The van der Waals surface area contributed by atoms with Gasteiger partial charge in [-0.1, -0.05) is 48.5 Å². The number of benzene rings is 2. The van der Waals surface area contributed by atoms with E-state index in [0.717, 1.165) is 29.3 Å². The lowest BCUT2D eigenvalue weighted by molar-refractivity contribution is -0.145. The first-order chi connectivity index (χ1) is 14.7. The van der Waals surface area contributed by atoms with Crippen LogP contribution in [0.1, 0.15) is 24.5 Å². The smallest absolute Gasteiger partial charge is 0.309 e. The summed E-state index contributed by atoms with van der Waals surface area (Å²) < 4.78 is 5.15. The minimum absolute atomic E-state index is 0.0648. The molecule has 5 heteroatoms. The fraction of sp³-hybridized carbons (Fsp3) is 0.360. The highest BCUT2D eigenvalue weighted by Gasteiger charge is 2.45. The first-order valence-corrected chi connectivity index (χ1v) is 10.7. The molecule has 156 valence electrons. The van der Waals surface area contributed by atoms with E-state index >= 15 is 0 Å². The summed E-state index contributed by atoms with van der Waals surface area (Å²) in [4.78, 5) is 30.4. The second kappa shape index (κ2) is 9.16. The van der Waals surface area contributed by atoms with Crippen LogP contribution in [0.5, 0.6) is 0 Å². The number of para-hydroxylation sites is 1. The SMILES string of the molecule is CCOC(=O)[C@@H]1C[C@@H]1CN(CCc1ccccc1)C(=O)Cc1c[nH]c2ccccc12. The number of esters is 1. The molecule has 1 amide bonds. The minimum atomic E-state index is -0.130. The molecule has 1 aromatic heterocycles. The van der Waals surface area contributed by atoms with Crippen molar-refractivity contribution in [3.8, 4) is 0 Å². The van der Waals surface area contributed by atoms with Crippen LogP contribution in [0.3, 0.4) is 0 Å². The van der Waals surface area contributed by atoms with Gasteiger partial charge in [0.25, 0.3) is 0 Å². The summed E-state index contributed by atoms with van der Waals surface area (Å²) in [6, 6.07) is 18.2.